The molecule has 1 aliphatic rings. The fourth-order valence-corrected chi connectivity index (χ4v) is 4.44. The molecule has 4 rings (SSSR count). The van der Waals surface area contributed by atoms with Crippen molar-refractivity contribution in [1.82, 2.24) is 24.7 Å². The highest BCUT2D eigenvalue weighted by atomic mass is 32.1. The number of hydrogen-bond acceptors (Lipinski definition) is 6. The molecular formula is C17H22N6S. The maximum absolute atomic E-state index is 4.62. The molecular weight excluding hydrogens is 320 g/mol. The Morgan fingerprint density at radius 2 is 2.17 bits per heavy atom. The van der Waals surface area contributed by atoms with Crippen molar-refractivity contribution in [3.05, 3.63) is 29.4 Å². The Balaban J connectivity index is 1.67. The summed E-state index contributed by atoms with van der Waals surface area (Å²) in [5, 5.41) is 11.9. The van der Waals surface area contributed by atoms with Crippen LogP contribution in [0, 0.1) is 6.92 Å². The molecule has 0 saturated carbocycles. The highest BCUT2D eigenvalue weighted by Crippen LogP contribution is 2.35. The SMILES string of the molecule is Cc1csc2ncnc(N3CCCC(c4nncn4C(C)C)C3)c12. The molecule has 0 amide bonds. The molecule has 1 aliphatic heterocycles. The number of anilines is 1. The van der Waals surface area contributed by atoms with Crippen LogP contribution in [0.15, 0.2) is 18.0 Å². The van der Waals surface area contributed by atoms with Gasteiger partial charge >= 0.3 is 0 Å². The quantitative estimate of drug-likeness (QED) is 0.728. The zero-order chi connectivity index (χ0) is 16.7. The summed E-state index contributed by atoms with van der Waals surface area (Å²) in [5.74, 6) is 2.56. The Morgan fingerprint density at radius 1 is 1.29 bits per heavy atom. The van der Waals surface area contributed by atoms with Gasteiger partial charge in [-0.3, -0.25) is 0 Å². The Kier molecular flexibility index (Phi) is 3.96. The second-order valence-electron chi connectivity index (χ2n) is 6.77. The summed E-state index contributed by atoms with van der Waals surface area (Å²) in [6, 6.07) is 0.384. The van der Waals surface area contributed by atoms with Crippen molar-refractivity contribution < 1.29 is 0 Å². The van der Waals surface area contributed by atoms with E-state index in [0.29, 0.717) is 12.0 Å². The van der Waals surface area contributed by atoms with Gasteiger partial charge in [0.25, 0.3) is 0 Å². The lowest BCUT2D eigenvalue weighted by Gasteiger charge is -2.33. The van der Waals surface area contributed by atoms with E-state index in [2.05, 4.69) is 55.8 Å². The van der Waals surface area contributed by atoms with Crippen molar-refractivity contribution in [1.29, 1.82) is 0 Å². The average molecular weight is 342 g/mol. The van der Waals surface area contributed by atoms with E-state index < -0.39 is 0 Å². The molecule has 1 saturated heterocycles. The molecule has 7 heteroatoms. The molecule has 1 atom stereocenters. The molecule has 4 heterocycles. The van der Waals surface area contributed by atoms with Crippen LogP contribution in [0.1, 0.15) is 50.0 Å². The van der Waals surface area contributed by atoms with Crippen LogP contribution in [0.3, 0.4) is 0 Å². The molecule has 3 aromatic rings. The zero-order valence-electron chi connectivity index (χ0n) is 14.3. The minimum atomic E-state index is 0.384. The molecule has 0 bridgehead atoms. The Morgan fingerprint density at radius 3 is 3.00 bits per heavy atom. The third-order valence-corrected chi connectivity index (χ3v) is 5.78. The second kappa shape index (κ2) is 6.12. The predicted molar refractivity (Wildman–Crippen MR) is 96.7 cm³/mol. The van der Waals surface area contributed by atoms with E-state index in [1.54, 1.807) is 17.7 Å². The van der Waals surface area contributed by atoms with Crippen molar-refractivity contribution >= 4 is 27.4 Å². The van der Waals surface area contributed by atoms with Gasteiger partial charge in [0, 0.05) is 25.0 Å². The molecule has 0 spiro atoms. The van der Waals surface area contributed by atoms with Gasteiger partial charge in [0.1, 0.15) is 29.1 Å². The third-order valence-electron chi connectivity index (χ3n) is 4.78. The Bertz CT molecular complexity index is 852. The average Bonchev–Trinajstić information content (AvgIpc) is 3.22. The fraction of sp³-hybridized carbons (Fsp3) is 0.529. The molecule has 1 unspecified atom stereocenters. The summed E-state index contributed by atoms with van der Waals surface area (Å²) in [6.07, 6.45) is 5.84. The molecule has 1 fully saturated rings. The first-order chi connectivity index (χ1) is 11.6. The number of piperidine rings is 1. The van der Waals surface area contributed by atoms with Crippen LogP contribution in [0.4, 0.5) is 5.82 Å². The number of aromatic nitrogens is 5. The number of rotatable bonds is 3. The lowest BCUT2D eigenvalue weighted by molar-refractivity contribution is 0.453. The van der Waals surface area contributed by atoms with Gasteiger partial charge < -0.3 is 9.47 Å². The highest BCUT2D eigenvalue weighted by molar-refractivity contribution is 7.17. The van der Waals surface area contributed by atoms with Gasteiger partial charge in [0.05, 0.1) is 5.39 Å². The van der Waals surface area contributed by atoms with E-state index in [1.807, 2.05) is 6.33 Å². The summed E-state index contributed by atoms with van der Waals surface area (Å²) < 4.78 is 2.19. The van der Waals surface area contributed by atoms with E-state index in [0.717, 1.165) is 42.4 Å². The maximum atomic E-state index is 4.62. The van der Waals surface area contributed by atoms with E-state index in [-0.39, 0.29) is 0 Å². The Hall–Kier alpha value is -2.02. The highest BCUT2D eigenvalue weighted by Gasteiger charge is 2.28. The van der Waals surface area contributed by atoms with E-state index in [9.17, 15) is 0 Å². The number of aryl methyl sites for hydroxylation is 1. The first-order valence-electron chi connectivity index (χ1n) is 8.48. The second-order valence-corrected chi connectivity index (χ2v) is 7.63. The fourth-order valence-electron chi connectivity index (χ4n) is 3.56. The monoisotopic (exact) mass is 342 g/mol. The van der Waals surface area contributed by atoms with Gasteiger partial charge in [-0.25, -0.2) is 9.97 Å². The summed E-state index contributed by atoms with van der Waals surface area (Å²) in [7, 11) is 0. The first-order valence-corrected chi connectivity index (χ1v) is 9.36. The van der Waals surface area contributed by atoms with E-state index in [1.165, 1.54) is 10.9 Å². The summed E-state index contributed by atoms with van der Waals surface area (Å²) >= 11 is 1.69. The van der Waals surface area contributed by atoms with Crippen molar-refractivity contribution in [3.63, 3.8) is 0 Å². The normalized spacial score (nSPS) is 18.7. The predicted octanol–water partition coefficient (Wildman–Crippen LogP) is 3.56. The van der Waals surface area contributed by atoms with Gasteiger partial charge in [0.2, 0.25) is 0 Å². The van der Waals surface area contributed by atoms with Gasteiger partial charge in [-0.05, 0) is 44.6 Å². The zero-order valence-corrected chi connectivity index (χ0v) is 15.1. The molecule has 0 N–H and O–H groups in total. The van der Waals surface area contributed by atoms with Crippen molar-refractivity contribution in [2.45, 2.75) is 45.6 Å². The largest absolute Gasteiger partial charge is 0.355 e. The first kappa shape index (κ1) is 15.5. The molecule has 0 radical (unpaired) electrons. The lowest BCUT2D eigenvalue weighted by Crippen LogP contribution is -2.36. The van der Waals surface area contributed by atoms with Crippen LogP contribution >= 0.6 is 11.3 Å². The number of nitrogens with zero attached hydrogens (tertiary/aromatic N) is 6. The van der Waals surface area contributed by atoms with Crippen LogP contribution in [-0.2, 0) is 0 Å². The summed E-state index contributed by atoms with van der Waals surface area (Å²) in [5.41, 5.74) is 1.26. The molecule has 24 heavy (non-hydrogen) atoms. The minimum Gasteiger partial charge on any atom is -0.355 e. The van der Waals surface area contributed by atoms with Gasteiger partial charge in [-0.15, -0.1) is 21.5 Å². The van der Waals surface area contributed by atoms with Crippen LogP contribution < -0.4 is 4.90 Å². The minimum absolute atomic E-state index is 0.384. The van der Waals surface area contributed by atoms with Crippen molar-refractivity contribution in [2.24, 2.45) is 0 Å². The smallest absolute Gasteiger partial charge is 0.141 e. The molecule has 0 aromatic carbocycles. The van der Waals surface area contributed by atoms with Crippen molar-refractivity contribution in [3.8, 4) is 0 Å². The maximum Gasteiger partial charge on any atom is 0.141 e. The van der Waals surface area contributed by atoms with Crippen LogP contribution in [0.5, 0.6) is 0 Å². The number of hydrogen-bond donors (Lipinski definition) is 0. The number of thiophene rings is 1. The lowest BCUT2D eigenvalue weighted by atomic mass is 9.96. The van der Waals surface area contributed by atoms with Crippen molar-refractivity contribution in [2.75, 3.05) is 18.0 Å². The number of fused-ring (bicyclic) bond motifs is 1. The van der Waals surface area contributed by atoms with Gasteiger partial charge in [0.15, 0.2) is 0 Å². The van der Waals surface area contributed by atoms with Gasteiger partial charge in [-0.2, -0.15) is 0 Å². The topological polar surface area (TPSA) is 59.7 Å². The van der Waals surface area contributed by atoms with Crippen LogP contribution in [0.2, 0.25) is 0 Å². The van der Waals surface area contributed by atoms with E-state index >= 15 is 0 Å². The molecule has 0 aliphatic carbocycles. The molecule has 6 nitrogen and oxygen atoms in total. The van der Waals surface area contributed by atoms with Crippen LogP contribution in [0.25, 0.3) is 10.2 Å². The standard InChI is InChI=1S/C17H22N6S/c1-11(2)23-10-20-21-15(23)13-5-4-6-22(7-13)16-14-12(3)8-24-17(14)19-9-18-16/h8-11,13H,4-7H2,1-3H3. The third kappa shape index (κ3) is 2.56. The van der Waals surface area contributed by atoms with Gasteiger partial charge in [-0.1, -0.05) is 0 Å². The summed E-state index contributed by atoms with van der Waals surface area (Å²) in [4.78, 5) is 12.5. The Labute approximate surface area is 145 Å². The molecule has 3 aromatic heterocycles. The summed E-state index contributed by atoms with van der Waals surface area (Å²) in [6.45, 7) is 8.47. The van der Waals surface area contributed by atoms with E-state index in [4.69, 9.17) is 0 Å². The van der Waals surface area contributed by atoms with Crippen LogP contribution in [-0.4, -0.2) is 37.8 Å². The molecule has 126 valence electrons.